The number of hydrogen-bond acceptors (Lipinski definition) is 4. The molecule has 0 N–H and O–H groups in total. The molecule has 0 saturated heterocycles. The highest BCUT2D eigenvalue weighted by Gasteiger charge is 2.68. The van der Waals surface area contributed by atoms with Gasteiger partial charge >= 0.3 is 5.97 Å². The Bertz CT molecular complexity index is 331. The van der Waals surface area contributed by atoms with Crippen molar-refractivity contribution in [1.82, 2.24) is 4.90 Å². The quantitative estimate of drug-likeness (QED) is 0.639. The van der Waals surface area contributed by atoms with Crippen molar-refractivity contribution in [1.29, 1.82) is 0 Å². The Balaban J connectivity index is 1.30. The maximum Gasteiger partial charge on any atom is 0.315 e. The third-order valence-electron chi connectivity index (χ3n) is 5.35. The van der Waals surface area contributed by atoms with Gasteiger partial charge in [0.25, 0.3) is 0 Å². The first kappa shape index (κ1) is 13.7. The Hall–Kier alpha value is -0.220. The van der Waals surface area contributed by atoms with Gasteiger partial charge in [-0.1, -0.05) is 13.8 Å². The van der Waals surface area contributed by atoms with Crippen LogP contribution < -0.4 is 0 Å². The highest BCUT2D eigenvalue weighted by molar-refractivity contribution is 8.00. The molecule has 3 nitrogen and oxygen atoms in total. The van der Waals surface area contributed by atoms with Crippen molar-refractivity contribution in [2.24, 2.45) is 23.7 Å². The summed E-state index contributed by atoms with van der Waals surface area (Å²) in [6.07, 6.45) is 2.90. The second-order valence-electron chi connectivity index (χ2n) is 6.16. The summed E-state index contributed by atoms with van der Waals surface area (Å²) < 4.78 is 5.33. The van der Waals surface area contributed by atoms with Gasteiger partial charge in [0.15, 0.2) is 0 Å². The molecule has 4 aliphatic rings. The van der Waals surface area contributed by atoms with E-state index in [-0.39, 0.29) is 5.97 Å². The molecule has 0 aliphatic heterocycles. The molecule has 0 radical (unpaired) electrons. The molecule has 4 aliphatic carbocycles. The molecular formula is C15H25NO2S. The molecule has 4 heteroatoms. The minimum Gasteiger partial charge on any atom is -0.464 e. The van der Waals surface area contributed by atoms with Gasteiger partial charge in [-0.2, -0.15) is 0 Å². The summed E-state index contributed by atoms with van der Waals surface area (Å²) in [5, 5.41) is 0.783. The summed E-state index contributed by atoms with van der Waals surface area (Å²) in [5.41, 5.74) is 0. The van der Waals surface area contributed by atoms with Crippen LogP contribution in [-0.4, -0.2) is 48.1 Å². The average Bonchev–Trinajstić information content (AvgIpc) is 2.80. The Morgan fingerprint density at radius 2 is 1.95 bits per heavy atom. The zero-order chi connectivity index (χ0) is 13.4. The van der Waals surface area contributed by atoms with Crippen LogP contribution in [0.4, 0.5) is 0 Å². The van der Waals surface area contributed by atoms with Crippen molar-refractivity contribution in [2.45, 2.75) is 31.9 Å². The lowest BCUT2D eigenvalue weighted by Gasteiger charge is -2.18. The summed E-state index contributed by atoms with van der Waals surface area (Å²) in [6, 6.07) is 0. The molecular weight excluding hydrogens is 258 g/mol. The van der Waals surface area contributed by atoms with Crippen LogP contribution in [-0.2, 0) is 9.53 Å². The lowest BCUT2D eigenvalue weighted by Crippen LogP contribution is -2.28. The second-order valence-corrected chi connectivity index (χ2v) is 7.33. The molecule has 4 fully saturated rings. The van der Waals surface area contributed by atoms with Crippen LogP contribution in [0.15, 0.2) is 0 Å². The van der Waals surface area contributed by atoms with E-state index in [1.165, 1.54) is 12.8 Å². The van der Waals surface area contributed by atoms with Crippen LogP contribution in [0.5, 0.6) is 0 Å². The summed E-state index contributed by atoms with van der Waals surface area (Å²) in [7, 11) is 0. The molecule has 4 saturated carbocycles. The van der Waals surface area contributed by atoms with Crippen molar-refractivity contribution in [3.63, 3.8) is 0 Å². The van der Waals surface area contributed by atoms with Gasteiger partial charge in [0, 0.05) is 11.8 Å². The fourth-order valence-electron chi connectivity index (χ4n) is 4.29. The molecule has 2 unspecified atom stereocenters. The van der Waals surface area contributed by atoms with Crippen LogP contribution in [0.1, 0.15) is 26.7 Å². The molecule has 5 atom stereocenters. The van der Waals surface area contributed by atoms with Crippen LogP contribution >= 0.6 is 11.8 Å². The van der Waals surface area contributed by atoms with E-state index >= 15 is 0 Å². The fraction of sp³-hybridized carbons (Fsp3) is 0.933. The molecule has 108 valence electrons. The van der Waals surface area contributed by atoms with Crippen molar-refractivity contribution in [3.8, 4) is 0 Å². The van der Waals surface area contributed by atoms with Crippen LogP contribution in [0.25, 0.3) is 0 Å². The zero-order valence-electron chi connectivity index (χ0n) is 12.0. The van der Waals surface area contributed by atoms with Crippen LogP contribution in [0, 0.1) is 23.7 Å². The standard InChI is InChI=1S/C15H25NO2S/c1-3-16(4-2)5-6-18-13(17)9-19-15-10-7-11-12(8-10)14(11)15/h10-12,14-15H,3-9H2,1-2H3/t10?,11-,12+,14?,15-/m1/s1. The SMILES string of the molecule is CCN(CC)CCOC(=O)CS[C@@H]1C2C[C@@H]3C1[C@@H]3C2. The number of likely N-dealkylation sites (N-methyl/N-ethyl adjacent to an activating group) is 1. The lowest BCUT2D eigenvalue weighted by molar-refractivity contribution is -0.140. The summed E-state index contributed by atoms with van der Waals surface area (Å²) in [4.78, 5) is 14.0. The van der Waals surface area contributed by atoms with Crippen molar-refractivity contribution in [3.05, 3.63) is 0 Å². The number of thioether (sulfide) groups is 1. The number of carbonyl (C=O) groups excluding carboxylic acids is 1. The lowest BCUT2D eigenvalue weighted by atomic mass is 10.1. The minimum absolute atomic E-state index is 0.0153. The molecule has 4 rings (SSSR count). The van der Waals surface area contributed by atoms with E-state index in [2.05, 4.69) is 18.7 Å². The van der Waals surface area contributed by atoms with Gasteiger partial charge in [0.05, 0.1) is 5.75 Å². The van der Waals surface area contributed by atoms with Gasteiger partial charge in [-0.3, -0.25) is 4.79 Å². The zero-order valence-corrected chi connectivity index (χ0v) is 12.8. The molecule has 0 heterocycles. The average molecular weight is 283 g/mol. The van der Waals surface area contributed by atoms with E-state index in [0.29, 0.717) is 12.4 Å². The number of esters is 1. The molecule has 0 amide bonds. The van der Waals surface area contributed by atoms with Gasteiger partial charge in [-0.05, 0) is 49.6 Å². The first-order valence-electron chi connectivity index (χ1n) is 7.74. The largest absolute Gasteiger partial charge is 0.464 e. The monoisotopic (exact) mass is 283 g/mol. The summed E-state index contributed by atoms with van der Waals surface area (Å²) in [6.45, 7) is 7.73. The van der Waals surface area contributed by atoms with E-state index in [4.69, 9.17) is 4.74 Å². The van der Waals surface area contributed by atoms with E-state index in [0.717, 1.165) is 48.6 Å². The molecule has 0 aromatic rings. The van der Waals surface area contributed by atoms with Gasteiger partial charge in [-0.25, -0.2) is 0 Å². The van der Waals surface area contributed by atoms with E-state index in [1.807, 2.05) is 11.8 Å². The van der Waals surface area contributed by atoms with Gasteiger partial charge in [0.2, 0.25) is 0 Å². The third-order valence-corrected chi connectivity index (χ3v) is 6.84. The van der Waals surface area contributed by atoms with Gasteiger partial charge in [-0.15, -0.1) is 11.8 Å². The molecule has 0 spiro atoms. The molecule has 4 bridgehead atoms. The molecule has 0 aromatic heterocycles. The normalized spacial score (nSPS) is 37.9. The highest BCUT2D eigenvalue weighted by atomic mass is 32.2. The highest BCUT2D eigenvalue weighted by Crippen LogP contribution is 2.73. The van der Waals surface area contributed by atoms with Crippen LogP contribution in [0.2, 0.25) is 0 Å². The summed E-state index contributed by atoms with van der Waals surface area (Å²) in [5.74, 6) is 4.53. The number of hydrogen-bond donors (Lipinski definition) is 0. The van der Waals surface area contributed by atoms with Crippen molar-refractivity contribution < 1.29 is 9.53 Å². The van der Waals surface area contributed by atoms with Gasteiger partial charge < -0.3 is 9.64 Å². The Kier molecular flexibility index (Phi) is 4.08. The molecule has 0 aromatic carbocycles. The Labute approximate surface area is 120 Å². The topological polar surface area (TPSA) is 29.5 Å². The third kappa shape index (κ3) is 2.66. The number of ether oxygens (including phenoxy) is 1. The maximum absolute atomic E-state index is 11.7. The summed E-state index contributed by atoms with van der Waals surface area (Å²) >= 11 is 1.87. The van der Waals surface area contributed by atoms with E-state index in [9.17, 15) is 4.79 Å². The van der Waals surface area contributed by atoms with Gasteiger partial charge in [0.1, 0.15) is 6.61 Å². The number of nitrogens with zero attached hydrogens (tertiary/aromatic N) is 1. The minimum atomic E-state index is -0.0153. The Morgan fingerprint density at radius 3 is 2.47 bits per heavy atom. The first-order chi connectivity index (χ1) is 9.24. The fourth-order valence-corrected chi connectivity index (χ4v) is 5.82. The second kappa shape index (κ2) is 5.65. The predicted molar refractivity (Wildman–Crippen MR) is 78.2 cm³/mol. The van der Waals surface area contributed by atoms with Crippen molar-refractivity contribution >= 4 is 17.7 Å². The van der Waals surface area contributed by atoms with Crippen LogP contribution in [0.3, 0.4) is 0 Å². The maximum atomic E-state index is 11.7. The van der Waals surface area contributed by atoms with E-state index in [1.54, 1.807) is 0 Å². The Morgan fingerprint density at radius 1 is 1.26 bits per heavy atom. The predicted octanol–water partition coefficient (Wildman–Crippen LogP) is 2.26. The molecule has 19 heavy (non-hydrogen) atoms. The number of carbonyl (C=O) groups is 1. The number of rotatable bonds is 8. The first-order valence-corrected chi connectivity index (χ1v) is 8.79. The smallest absolute Gasteiger partial charge is 0.315 e. The van der Waals surface area contributed by atoms with Crippen molar-refractivity contribution in [2.75, 3.05) is 32.0 Å². The van der Waals surface area contributed by atoms with E-state index < -0.39 is 0 Å².